The van der Waals surface area contributed by atoms with Gasteiger partial charge in [-0.2, -0.15) is 0 Å². The molecule has 0 atom stereocenters. The maximum Gasteiger partial charge on any atom is 0.125 e. The normalized spacial score (nSPS) is 15.9. The van der Waals surface area contributed by atoms with E-state index in [0.29, 0.717) is 6.42 Å². The molecule has 1 saturated heterocycles. The Morgan fingerprint density at radius 1 is 1.09 bits per heavy atom. The van der Waals surface area contributed by atoms with Gasteiger partial charge >= 0.3 is 0 Å². The smallest absolute Gasteiger partial charge is 0.125 e. The Morgan fingerprint density at radius 2 is 1.70 bits per heavy atom. The summed E-state index contributed by atoms with van der Waals surface area (Å²) >= 11 is 0. The summed E-state index contributed by atoms with van der Waals surface area (Å²) in [5.74, 6) is 7.10. The summed E-state index contributed by atoms with van der Waals surface area (Å²) in [6, 6.07) is 0. The minimum Gasteiger partial charge on any atom is -0.303 e. The zero-order valence-electron chi connectivity index (χ0n) is 14.0. The van der Waals surface area contributed by atoms with Gasteiger partial charge in [0.15, 0.2) is 0 Å². The molecule has 0 N–H and O–H groups in total. The molecule has 1 aliphatic rings. The highest BCUT2D eigenvalue weighted by Crippen LogP contribution is 2.05. The molecule has 1 aromatic heterocycles. The number of piperazine rings is 1. The lowest BCUT2D eigenvalue weighted by atomic mass is 10.2. The summed E-state index contributed by atoms with van der Waals surface area (Å²) < 4.78 is 0. The van der Waals surface area contributed by atoms with Gasteiger partial charge in [0.25, 0.3) is 0 Å². The fourth-order valence-corrected chi connectivity index (χ4v) is 2.65. The zero-order chi connectivity index (χ0) is 16.3. The van der Waals surface area contributed by atoms with Crippen LogP contribution < -0.4 is 0 Å². The average Bonchev–Trinajstić information content (AvgIpc) is 2.58. The van der Waals surface area contributed by atoms with Gasteiger partial charge in [0.05, 0.1) is 5.56 Å². The summed E-state index contributed by atoms with van der Waals surface area (Å²) in [7, 11) is 0. The number of aromatic nitrogens is 2. The quantitative estimate of drug-likeness (QED) is 0.434. The summed E-state index contributed by atoms with van der Waals surface area (Å²) in [5.41, 5.74) is 0.888. The second-order valence-electron chi connectivity index (χ2n) is 5.92. The predicted octanol–water partition coefficient (Wildman–Crippen LogP) is 1.51. The lowest BCUT2D eigenvalue weighted by molar-refractivity contribution is -0.108. The highest BCUT2D eigenvalue weighted by atomic mass is 16.1. The molecule has 1 fully saturated rings. The molecule has 5 nitrogen and oxygen atoms in total. The topological polar surface area (TPSA) is 49.3 Å². The van der Waals surface area contributed by atoms with E-state index >= 15 is 0 Å². The maximum absolute atomic E-state index is 10.3. The van der Waals surface area contributed by atoms with Gasteiger partial charge in [-0.15, -0.1) is 0 Å². The first-order chi connectivity index (χ1) is 11.3. The van der Waals surface area contributed by atoms with E-state index in [9.17, 15) is 4.79 Å². The van der Waals surface area contributed by atoms with E-state index in [1.54, 1.807) is 12.4 Å². The molecule has 0 unspecified atom stereocenters. The molecule has 2 heterocycles. The van der Waals surface area contributed by atoms with Crippen molar-refractivity contribution in [2.24, 2.45) is 0 Å². The van der Waals surface area contributed by atoms with Crippen LogP contribution in [0.25, 0.3) is 0 Å². The van der Waals surface area contributed by atoms with Crippen LogP contribution in [-0.4, -0.2) is 65.3 Å². The number of rotatable bonds is 7. The second-order valence-corrected chi connectivity index (χ2v) is 5.92. The molecule has 5 heteroatoms. The van der Waals surface area contributed by atoms with Crippen LogP contribution in [0.4, 0.5) is 0 Å². The first kappa shape index (κ1) is 17.6. The average molecular weight is 314 g/mol. The van der Waals surface area contributed by atoms with Crippen molar-refractivity contribution in [1.82, 2.24) is 19.8 Å². The second kappa shape index (κ2) is 10.1. The van der Waals surface area contributed by atoms with Crippen LogP contribution in [0.3, 0.4) is 0 Å². The standard InChI is InChI=1S/C18H26N4O/c1-17-19-15-18(16-20-17)7-3-2-4-8-21-10-12-22(13-11-21)9-5-6-14-23/h14-16H,2,4-6,8-13H2,1H3. The van der Waals surface area contributed by atoms with Crippen molar-refractivity contribution in [2.45, 2.75) is 32.6 Å². The molecular weight excluding hydrogens is 288 g/mol. The summed E-state index contributed by atoms with van der Waals surface area (Å²) in [5, 5.41) is 0. The maximum atomic E-state index is 10.3. The van der Waals surface area contributed by atoms with E-state index in [2.05, 4.69) is 31.6 Å². The molecular formula is C18H26N4O. The van der Waals surface area contributed by atoms with Crippen molar-refractivity contribution in [3.05, 3.63) is 23.8 Å². The molecule has 23 heavy (non-hydrogen) atoms. The zero-order valence-corrected chi connectivity index (χ0v) is 14.0. The van der Waals surface area contributed by atoms with Crippen LogP contribution in [0.5, 0.6) is 0 Å². The van der Waals surface area contributed by atoms with Gasteiger partial charge in [-0.3, -0.25) is 0 Å². The van der Waals surface area contributed by atoms with Gasteiger partial charge < -0.3 is 14.6 Å². The molecule has 0 amide bonds. The number of unbranched alkanes of at least 4 members (excludes halogenated alkanes) is 2. The third-order valence-corrected chi connectivity index (χ3v) is 4.05. The number of aryl methyl sites for hydroxylation is 1. The van der Waals surface area contributed by atoms with Gasteiger partial charge in [0, 0.05) is 51.4 Å². The molecule has 1 aliphatic heterocycles. The minimum atomic E-state index is 0.685. The minimum absolute atomic E-state index is 0.685. The van der Waals surface area contributed by atoms with Gasteiger partial charge in [0.2, 0.25) is 0 Å². The van der Waals surface area contributed by atoms with Crippen molar-refractivity contribution >= 4 is 6.29 Å². The summed E-state index contributed by atoms with van der Waals surface area (Å²) in [4.78, 5) is 23.6. The number of carbonyl (C=O) groups is 1. The Hall–Kier alpha value is -1.77. The van der Waals surface area contributed by atoms with Crippen molar-refractivity contribution in [3.8, 4) is 11.8 Å². The molecule has 2 rings (SSSR count). The van der Waals surface area contributed by atoms with E-state index in [1.807, 2.05) is 6.92 Å². The molecule has 1 aromatic rings. The summed E-state index contributed by atoms with van der Waals surface area (Å²) in [6.45, 7) is 8.52. The van der Waals surface area contributed by atoms with E-state index in [0.717, 1.165) is 76.2 Å². The largest absolute Gasteiger partial charge is 0.303 e. The number of hydrogen-bond acceptors (Lipinski definition) is 5. The van der Waals surface area contributed by atoms with Crippen molar-refractivity contribution in [3.63, 3.8) is 0 Å². The monoisotopic (exact) mass is 314 g/mol. The highest BCUT2D eigenvalue weighted by molar-refractivity contribution is 5.49. The highest BCUT2D eigenvalue weighted by Gasteiger charge is 2.15. The van der Waals surface area contributed by atoms with E-state index in [-0.39, 0.29) is 0 Å². The van der Waals surface area contributed by atoms with Crippen molar-refractivity contribution in [2.75, 3.05) is 39.3 Å². The Kier molecular flexibility index (Phi) is 7.71. The van der Waals surface area contributed by atoms with Crippen molar-refractivity contribution in [1.29, 1.82) is 0 Å². The predicted molar refractivity (Wildman–Crippen MR) is 91.1 cm³/mol. The van der Waals surface area contributed by atoms with Crippen LogP contribution in [-0.2, 0) is 4.79 Å². The number of aldehydes is 1. The van der Waals surface area contributed by atoms with E-state index < -0.39 is 0 Å². The first-order valence-electron chi connectivity index (χ1n) is 8.44. The first-order valence-corrected chi connectivity index (χ1v) is 8.44. The number of carbonyl (C=O) groups excluding carboxylic acids is 1. The van der Waals surface area contributed by atoms with Gasteiger partial charge in [-0.25, -0.2) is 9.97 Å². The number of nitrogens with zero attached hydrogens (tertiary/aromatic N) is 4. The van der Waals surface area contributed by atoms with Crippen LogP contribution in [0.1, 0.15) is 37.1 Å². The van der Waals surface area contributed by atoms with Crippen molar-refractivity contribution < 1.29 is 4.79 Å². The third-order valence-electron chi connectivity index (χ3n) is 4.05. The fourth-order valence-electron chi connectivity index (χ4n) is 2.65. The molecule has 124 valence electrons. The Morgan fingerprint density at radius 3 is 2.30 bits per heavy atom. The number of hydrogen-bond donors (Lipinski definition) is 0. The molecule has 0 saturated carbocycles. The fraction of sp³-hybridized carbons (Fsp3) is 0.611. The molecule has 0 aromatic carbocycles. The molecule has 0 bridgehead atoms. The van der Waals surface area contributed by atoms with Crippen LogP contribution in [0, 0.1) is 18.8 Å². The molecule has 0 spiro atoms. The van der Waals surface area contributed by atoms with Crippen LogP contribution >= 0.6 is 0 Å². The van der Waals surface area contributed by atoms with Gasteiger partial charge in [-0.05, 0) is 32.9 Å². The lowest BCUT2D eigenvalue weighted by Gasteiger charge is -2.34. The van der Waals surface area contributed by atoms with Gasteiger partial charge in [0.1, 0.15) is 12.1 Å². The van der Waals surface area contributed by atoms with Crippen LogP contribution in [0.15, 0.2) is 12.4 Å². The van der Waals surface area contributed by atoms with E-state index in [4.69, 9.17) is 0 Å². The SMILES string of the molecule is Cc1ncc(C#CCCCN2CCN(CCCC=O)CC2)cn1. The molecule has 0 aliphatic carbocycles. The lowest BCUT2D eigenvalue weighted by Crippen LogP contribution is -2.46. The van der Waals surface area contributed by atoms with E-state index in [1.165, 1.54) is 0 Å². The Balaban J connectivity index is 1.57. The van der Waals surface area contributed by atoms with Crippen LogP contribution in [0.2, 0.25) is 0 Å². The summed E-state index contributed by atoms with van der Waals surface area (Å²) in [6.07, 6.45) is 8.25. The van der Waals surface area contributed by atoms with Gasteiger partial charge in [-0.1, -0.05) is 11.8 Å². The molecule has 0 radical (unpaired) electrons. The third kappa shape index (κ3) is 6.89. The Bertz CT molecular complexity index is 524. The Labute approximate surface area is 139 Å².